The van der Waals surface area contributed by atoms with E-state index < -0.39 is 16.9 Å². The van der Waals surface area contributed by atoms with Crippen molar-refractivity contribution in [3.8, 4) is 0 Å². The van der Waals surface area contributed by atoms with E-state index in [0.717, 1.165) is 25.9 Å². The first-order valence-corrected chi connectivity index (χ1v) is 14.8. The minimum absolute atomic E-state index is 0.825. The van der Waals surface area contributed by atoms with Crippen LogP contribution in [-0.2, 0) is 4.12 Å². The summed E-state index contributed by atoms with van der Waals surface area (Å²) in [5, 5.41) is 4.81. The Morgan fingerprint density at radius 1 is 0.545 bits per heavy atom. The fourth-order valence-electron chi connectivity index (χ4n) is 4.38. The van der Waals surface area contributed by atoms with Crippen LogP contribution >= 0.6 is 0 Å². The van der Waals surface area contributed by atoms with Crippen LogP contribution in [0.3, 0.4) is 0 Å². The van der Waals surface area contributed by atoms with Gasteiger partial charge < -0.3 is 8.91 Å². The van der Waals surface area contributed by atoms with Crippen LogP contribution in [0.1, 0.15) is 0 Å². The summed E-state index contributed by atoms with van der Waals surface area (Å²) in [6.07, 6.45) is 6.01. The average molecular weight is 461 g/mol. The third-order valence-electron chi connectivity index (χ3n) is 5.97. The van der Waals surface area contributed by atoms with Gasteiger partial charge in [0, 0.05) is 5.20 Å². The fourth-order valence-corrected chi connectivity index (χ4v) is 13.0. The first kappa shape index (κ1) is 21.3. The summed E-state index contributed by atoms with van der Waals surface area (Å²) in [5.74, 6) is 0. The maximum Gasteiger partial charge on any atom is 0.394 e. The molecule has 1 N–H and O–H groups in total. The molecular formula is C29H24O2Si2. The van der Waals surface area contributed by atoms with Gasteiger partial charge in [0.05, 0.1) is 0 Å². The molecule has 1 aliphatic rings. The summed E-state index contributed by atoms with van der Waals surface area (Å²) in [7, 11) is -6.73. The Balaban J connectivity index is 1.82. The van der Waals surface area contributed by atoms with Crippen molar-refractivity contribution in [3.05, 3.63) is 150 Å². The zero-order valence-electron chi connectivity index (χ0n) is 18.1. The molecule has 0 radical (unpaired) electrons. The second-order valence-electron chi connectivity index (χ2n) is 7.98. The van der Waals surface area contributed by atoms with Crippen LogP contribution in [0.25, 0.3) is 0 Å². The Morgan fingerprint density at radius 2 is 0.939 bits per heavy atom. The van der Waals surface area contributed by atoms with Gasteiger partial charge in [-0.05, 0) is 26.8 Å². The van der Waals surface area contributed by atoms with Gasteiger partial charge in [-0.2, -0.15) is 0 Å². The smallest absolute Gasteiger partial charge is 0.394 e. The summed E-state index contributed by atoms with van der Waals surface area (Å²) in [4.78, 5) is 12.5. The molecule has 0 aromatic heterocycles. The molecule has 0 saturated carbocycles. The van der Waals surface area contributed by atoms with Gasteiger partial charge in [-0.15, -0.1) is 5.73 Å². The number of rotatable bonds is 7. The molecule has 33 heavy (non-hydrogen) atoms. The molecule has 0 aliphatic heterocycles. The van der Waals surface area contributed by atoms with Crippen LogP contribution in [0.4, 0.5) is 0 Å². The quantitative estimate of drug-likeness (QED) is 0.339. The predicted molar refractivity (Wildman–Crippen MR) is 140 cm³/mol. The minimum Gasteiger partial charge on any atom is -0.418 e. The third-order valence-corrected chi connectivity index (χ3v) is 14.0. The highest BCUT2D eigenvalue weighted by atomic mass is 28.4. The van der Waals surface area contributed by atoms with Crippen LogP contribution in [0.2, 0.25) is 0 Å². The molecule has 4 aromatic carbocycles. The molecule has 1 aliphatic carbocycles. The Bertz CT molecular complexity index is 1230. The summed E-state index contributed by atoms with van der Waals surface area (Å²) < 4.78 is 7.32. The molecular weight excluding hydrogens is 436 g/mol. The second kappa shape index (κ2) is 9.16. The first-order chi connectivity index (χ1) is 16.2. The zero-order valence-corrected chi connectivity index (χ0v) is 20.1. The number of hydrogen-bond donors (Lipinski definition) is 1. The maximum atomic E-state index is 12.5. The molecule has 0 fully saturated rings. The maximum absolute atomic E-state index is 12.5. The van der Waals surface area contributed by atoms with Gasteiger partial charge in [0.15, 0.2) is 0 Å². The van der Waals surface area contributed by atoms with Gasteiger partial charge in [0.1, 0.15) is 0 Å². The van der Waals surface area contributed by atoms with Crippen molar-refractivity contribution in [1.82, 2.24) is 0 Å². The van der Waals surface area contributed by atoms with Gasteiger partial charge in [-0.25, -0.2) is 0 Å². The molecule has 0 unspecified atom stereocenters. The normalized spacial score (nSPS) is 13.2. The minimum atomic E-state index is -3.62. The second-order valence-corrected chi connectivity index (χ2v) is 14.3. The highest BCUT2D eigenvalue weighted by molar-refractivity contribution is 7.10. The Labute approximate surface area is 196 Å². The SMILES string of the molecule is O[Si](O[Si](C1=C=CC=C1)(c1ccccc1)c1ccccc1)(c1ccccc1)c1ccccc1. The number of allylic oxidation sites excluding steroid dienone is 3. The predicted octanol–water partition coefficient (Wildman–Crippen LogP) is 3.20. The zero-order chi connectivity index (χ0) is 22.6. The van der Waals surface area contributed by atoms with E-state index in [1.165, 1.54) is 0 Å². The molecule has 5 rings (SSSR count). The molecule has 4 aromatic rings. The molecule has 0 saturated heterocycles. The van der Waals surface area contributed by atoms with Gasteiger partial charge >= 0.3 is 8.56 Å². The van der Waals surface area contributed by atoms with Crippen molar-refractivity contribution in [2.45, 2.75) is 0 Å². The topological polar surface area (TPSA) is 29.5 Å². The number of benzene rings is 4. The standard InChI is InChI=1S/C29H24O2Si2/c30-33(28-21-9-3-10-22-28,29-23-11-4-12-24-29)31-32(27-19-13-14-20-27,25-15-5-1-6-16-25)26-17-7-2-8-18-26/h1-19,21-24,30H. The van der Waals surface area contributed by atoms with E-state index >= 15 is 0 Å². The molecule has 0 atom stereocenters. The van der Waals surface area contributed by atoms with Crippen molar-refractivity contribution >= 4 is 37.6 Å². The van der Waals surface area contributed by atoms with Gasteiger partial charge in [-0.1, -0.05) is 133 Å². The number of hydrogen-bond acceptors (Lipinski definition) is 2. The van der Waals surface area contributed by atoms with Crippen LogP contribution in [-0.4, -0.2) is 21.7 Å². The Morgan fingerprint density at radius 3 is 1.30 bits per heavy atom. The van der Waals surface area contributed by atoms with Crippen LogP contribution in [0.5, 0.6) is 0 Å². The van der Waals surface area contributed by atoms with Crippen molar-refractivity contribution in [2.24, 2.45) is 0 Å². The molecule has 0 heterocycles. The summed E-state index contributed by atoms with van der Waals surface area (Å²) in [6, 6.07) is 40.3. The van der Waals surface area contributed by atoms with Gasteiger partial charge in [0.2, 0.25) is 0 Å². The molecule has 4 heteroatoms. The van der Waals surface area contributed by atoms with Gasteiger partial charge in [0.25, 0.3) is 8.32 Å². The van der Waals surface area contributed by atoms with E-state index in [2.05, 4.69) is 36.1 Å². The fraction of sp³-hybridized carbons (Fsp3) is 0. The first-order valence-electron chi connectivity index (χ1n) is 11.0. The molecule has 0 amide bonds. The highest BCUT2D eigenvalue weighted by Gasteiger charge is 2.52. The van der Waals surface area contributed by atoms with E-state index in [0.29, 0.717) is 0 Å². The van der Waals surface area contributed by atoms with Crippen molar-refractivity contribution < 1.29 is 8.91 Å². The van der Waals surface area contributed by atoms with Crippen molar-refractivity contribution in [1.29, 1.82) is 0 Å². The Kier molecular flexibility index (Phi) is 5.92. The largest absolute Gasteiger partial charge is 0.418 e. The lowest BCUT2D eigenvalue weighted by atomic mass is 10.4. The molecule has 160 valence electrons. The summed E-state index contributed by atoms with van der Waals surface area (Å²) >= 11 is 0. The molecule has 0 spiro atoms. The summed E-state index contributed by atoms with van der Waals surface area (Å²) in [5.41, 5.74) is 3.45. The Hall–Kier alpha value is -3.51. The van der Waals surface area contributed by atoms with Crippen LogP contribution < -0.4 is 20.7 Å². The van der Waals surface area contributed by atoms with Crippen molar-refractivity contribution in [3.63, 3.8) is 0 Å². The lowest BCUT2D eigenvalue weighted by Gasteiger charge is -2.39. The molecule has 0 bridgehead atoms. The van der Waals surface area contributed by atoms with E-state index in [1.807, 2.05) is 109 Å². The summed E-state index contributed by atoms with van der Waals surface area (Å²) in [6.45, 7) is 0. The van der Waals surface area contributed by atoms with Crippen LogP contribution in [0, 0.1) is 0 Å². The van der Waals surface area contributed by atoms with Gasteiger partial charge in [-0.3, -0.25) is 0 Å². The lowest BCUT2D eigenvalue weighted by molar-refractivity contribution is 0.414. The van der Waals surface area contributed by atoms with Crippen molar-refractivity contribution in [2.75, 3.05) is 0 Å². The molecule has 2 nitrogen and oxygen atoms in total. The average Bonchev–Trinajstić information content (AvgIpc) is 3.45. The van der Waals surface area contributed by atoms with E-state index in [4.69, 9.17) is 4.12 Å². The van der Waals surface area contributed by atoms with E-state index in [1.54, 1.807) is 0 Å². The van der Waals surface area contributed by atoms with Crippen LogP contribution in [0.15, 0.2) is 150 Å². The lowest BCUT2D eigenvalue weighted by Crippen LogP contribution is -2.73. The van der Waals surface area contributed by atoms with E-state index in [-0.39, 0.29) is 0 Å². The third kappa shape index (κ3) is 3.91. The highest BCUT2D eigenvalue weighted by Crippen LogP contribution is 2.24. The monoisotopic (exact) mass is 460 g/mol. The van der Waals surface area contributed by atoms with E-state index in [9.17, 15) is 4.80 Å².